The van der Waals surface area contributed by atoms with Gasteiger partial charge in [0.05, 0.1) is 12.7 Å². The van der Waals surface area contributed by atoms with E-state index in [2.05, 4.69) is 29.5 Å². The maximum atomic E-state index is 13.1. The molecule has 1 heterocycles. The highest BCUT2D eigenvalue weighted by Crippen LogP contribution is 2.31. The lowest BCUT2D eigenvalue weighted by molar-refractivity contribution is 0.0892. The van der Waals surface area contributed by atoms with Gasteiger partial charge in [-0.15, -0.1) is 0 Å². The second kappa shape index (κ2) is 8.74. The van der Waals surface area contributed by atoms with E-state index in [9.17, 15) is 4.79 Å². The maximum absolute atomic E-state index is 13.1. The van der Waals surface area contributed by atoms with Crippen molar-refractivity contribution in [2.24, 2.45) is 11.8 Å². The predicted octanol–water partition coefficient (Wildman–Crippen LogP) is 5.54. The van der Waals surface area contributed by atoms with Crippen LogP contribution >= 0.6 is 0 Å². The molecule has 5 nitrogen and oxygen atoms in total. The summed E-state index contributed by atoms with van der Waals surface area (Å²) >= 11 is 0. The van der Waals surface area contributed by atoms with Gasteiger partial charge in [-0.2, -0.15) is 0 Å². The Morgan fingerprint density at radius 2 is 1.77 bits per heavy atom. The standard InChI is InChI=1S/C25H29N3O2/c1-16-7-6-10-23(17(16)2)28-25(29)22-15-26-24(21-9-5-4-8-20(21)22)27-18-11-13-19(30-3)14-12-18/h4-5,8-9,11-17,23H,6-7,10H2,1-3H3,(H,26,27)(H,28,29)/t16-,17-,23+/m1/s1. The number of hydrogen-bond donors (Lipinski definition) is 2. The lowest BCUT2D eigenvalue weighted by Crippen LogP contribution is -2.43. The molecule has 1 fully saturated rings. The molecule has 0 bridgehead atoms. The van der Waals surface area contributed by atoms with Gasteiger partial charge in [-0.1, -0.05) is 51.0 Å². The smallest absolute Gasteiger partial charge is 0.253 e. The number of methoxy groups -OCH3 is 1. The Kier molecular flexibility index (Phi) is 5.88. The number of carbonyl (C=O) groups is 1. The highest BCUT2D eigenvalue weighted by atomic mass is 16.5. The van der Waals surface area contributed by atoms with E-state index in [-0.39, 0.29) is 11.9 Å². The average Bonchev–Trinajstić information content (AvgIpc) is 2.77. The zero-order valence-corrected chi connectivity index (χ0v) is 17.8. The summed E-state index contributed by atoms with van der Waals surface area (Å²) in [7, 11) is 1.65. The van der Waals surface area contributed by atoms with Gasteiger partial charge in [-0.25, -0.2) is 4.98 Å². The molecule has 3 atom stereocenters. The molecule has 30 heavy (non-hydrogen) atoms. The summed E-state index contributed by atoms with van der Waals surface area (Å²) in [6.45, 7) is 4.52. The number of aromatic nitrogens is 1. The van der Waals surface area contributed by atoms with Crippen molar-refractivity contribution >= 4 is 28.2 Å². The number of fused-ring (bicyclic) bond motifs is 1. The zero-order valence-electron chi connectivity index (χ0n) is 17.8. The van der Waals surface area contributed by atoms with E-state index in [0.717, 1.165) is 34.4 Å². The molecule has 3 aromatic rings. The fourth-order valence-corrected chi connectivity index (χ4v) is 4.32. The van der Waals surface area contributed by atoms with Crippen molar-refractivity contribution in [2.75, 3.05) is 12.4 Å². The van der Waals surface area contributed by atoms with Crippen molar-refractivity contribution in [1.29, 1.82) is 0 Å². The summed E-state index contributed by atoms with van der Waals surface area (Å²) in [6, 6.07) is 15.8. The molecule has 2 N–H and O–H groups in total. The van der Waals surface area contributed by atoms with Crippen LogP contribution in [-0.2, 0) is 0 Å². The Morgan fingerprint density at radius 3 is 2.50 bits per heavy atom. The molecule has 0 unspecified atom stereocenters. The largest absolute Gasteiger partial charge is 0.497 e. The van der Waals surface area contributed by atoms with E-state index in [1.165, 1.54) is 12.8 Å². The van der Waals surface area contributed by atoms with Crippen LogP contribution in [0.15, 0.2) is 54.7 Å². The van der Waals surface area contributed by atoms with Crippen molar-refractivity contribution in [3.8, 4) is 5.75 Å². The lowest BCUT2D eigenvalue weighted by atomic mass is 9.78. The first kappa shape index (κ1) is 20.2. The van der Waals surface area contributed by atoms with Gasteiger partial charge in [0.25, 0.3) is 5.91 Å². The number of ether oxygens (including phenoxy) is 1. The molecule has 0 saturated heterocycles. The van der Waals surface area contributed by atoms with Crippen LogP contribution in [0.3, 0.4) is 0 Å². The first-order valence-electron chi connectivity index (χ1n) is 10.7. The van der Waals surface area contributed by atoms with Crippen LogP contribution in [0.1, 0.15) is 43.5 Å². The molecule has 156 valence electrons. The number of carbonyl (C=O) groups excluding carboxylic acids is 1. The molecule has 0 spiro atoms. The molecule has 2 aromatic carbocycles. The number of nitrogens with zero attached hydrogens (tertiary/aromatic N) is 1. The number of rotatable bonds is 5. The summed E-state index contributed by atoms with van der Waals surface area (Å²) < 4.78 is 5.22. The molecular formula is C25H29N3O2. The summed E-state index contributed by atoms with van der Waals surface area (Å²) in [6.07, 6.45) is 5.13. The third-order valence-electron chi connectivity index (χ3n) is 6.42. The minimum absolute atomic E-state index is 0.0411. The molecule has 0 aliphatic heterocycles. The van der Waals surface area contributed by atoms with Gasteiger partial charge in [0.2, 0.25) is 0 Å². The number of hydrogen-bond acceptors (Lipinski definition) is 4. The van der Waals surface area contributed by atoms with E-state index in [1.807, 2.05) is 48.5 Å². The summed E-state index contributed by atoms with van der Waals surface area (Å²) in [5.41, 5.74) is 1.53. The molecule has 1 amide bonds. The van der Waals surface area contributed by atoms with Crippen molar-refractivity contribution < 1.29 is 9.53 Å². The van der Waals surface area contributed by atoms with E-state index < -0.39 is 0 Å². The number of benzene rings is 2. The Balaban J connectivity index is 1.60. The molecule has 1 aliphatic rings. The molecule has 1 aromatic heterocycles. The van der Waals surface area contributed by atoms with Crippen molar-refractivity contribution in [3.05, 3.63) is 60.3 Å². The Bertz CT molecular complexity index is 1030. The van der Waals surface area contributed by atoms with Crippen molar-refractivity contribution in [1.82, 2.24) is 10.3 Å². The van der Waals surface area contributed by atoms with Gasteiger partial charge in [-0.3, -0.25) is 4.79 Å². The highest BCUT2D eigenvalue weighted by Gasteiger charge is 2.28. The third-order valence-corrected chi connectivity index (χ3v) is 6.42. The van der Waals surface area contributed by atoms with Crippen molar-refractivity contribution in [3.63, 3.8) is 0 Å². The third kappa shape index (κ3) is 4.11. The Morgan fingerprint density at radius 1 is 1.03 bits per heavy atom. The van der Waals surface area contributed by atoms with E-state index in [1.54, 1.807) is 13.3 Å². The number of amides is 1. The number of anilines is 2. The zero-order chi connectivity index (χ0) is 21.1. The lowest BCUT2D eigenvalue weighted by Gasteiger charge is -2.34. The monoisotopic (exact) mass is 403 g/mol. The molecule has 4 rings (SSSR count). The first-order chi connectivity index (χ1) is 14.6. The minimum atomic E-state index is -0.0411. The second-order valence-electron chi connectivity index (χ2n) is 8.27. The first-order valence-corrected chi connectivity index (χ1v) is 10.7. The second-order valence-corrected chi connectivity index (χ2v) is 8.27. The predicted molar refractivity (Wildman–Crippen MR) is 121 cm³/mol. The maximum Gasteiger partial charge on any atom is 0.253 e. The summed E-state index contributed by atoms with van der Waals surface area (Å²) in [4.78, 5) is 17.7. The fourth-order valence-electron chi connectivity index (χ4n) is 4.32. The van der Waals surface area contributed by atoms with Gasteiger partial charge in [0.15, 0.2) is 0 Å². The Labute approximate surface area is 177 Å². The average molecular weight is 404 g/mol. The van der Waals surface area contributed by atoms with Gasteiger partial charge < -0.3 is 15.4 Å². The van der Waals surface area contributed by atoms with Crippen LogP contribution in [0.5, 0.6) is 5.75 Å². The number of pyridine rings is 1. The molecule has 1 aliphatic carbocycles. The van der Waals surface area contributed by atoms with Crippen molar-refractivity contribution in [2.45, 2.75) is 39.2 Å². The van der Waals surface area contributed by atoms with E-state index in [4.69, 9.17) is 4.74 Å². The molecule has 5 heteroatoms. The van der Waals surface area contributed by atoms with Crippen LogP contribution in [0.2, 0.25) is 0 Å². The summed E-state index contributed by atoms with van der Waals surface area (Å²) in [5, 5.41) is 8.46. The van der Waals surface area contributed by atoms with Gasteiger partial charge in [-0.05, 0) is 47.9 Å². The molecule has 1 saturated carbocycles. The minimum Gasteiger partial charge on any atom is -0.497 e. The SMILES string of the molecule is COc1ccc(Nc2ncc(C(=O)N[C@H]3CCC[C@@H](C)[C@H]3C)c3ccccc23)cc1. The van der Waals surface area contributed by atoms with Crippen LogP contribution < -0.4 is 15.4 Å². The van der Waals surface area contributed by atoms with Crippen LogP contribution in [-0.4, -0.2) is 24.0 Å². The molecule has 0 radical (unpaired) electrons. The van der Waals surface area contributed by atoms with Gasteiger partial charge >= 0.3 is 0 Å². The fraction of sp³-hybridized carbons (Fsp3) is 0.360. The van der Waals surface area contributed by atoms with E-state index >= 15 is 0 Å². The van der Waals surface area contributed by atoms with Crippen LogP contribution in [0, 0.1) is 11.8 Å². The van der Waals surface area contributed by atoms with Gasteiger partial charge in [0, 0.05) is 23.3 Å². The highest BCUT2D eigenvalue weighted by molar-refractivity contribution is 6.09. The van der Waals surface area contributed by atoms with Crippen LogP contribution in [0.4, 0.5) is 11.5 Å². The summed E-state index contributed by atoms with van der Waals surface area (Å²) in [5.74, 6) is 2.61. The quantitative estimate of drug-likeness (QED) is 0.587. The van der Waals surface area contributed by atoms with E-state index in [0.29, 0.717) is 17.4 Å². The van der Waals surface area contributed by atoms with Gasteiger partial charge in [0.1, 0.15) is 11.6 Å². The topological polar surface area (TPSA) is 63.2 Å². The number of nitrogens with one attached hydrogen (secondary N) is 2. The Hall–Kier alpha value is -3.08. The normalized spacial score (nSPS) is 21.2. The van der Waals surface area contributed by atoms with Crippen LogP contribution in [0.25, 0.3) is 10.8 Å². The molecular weight excluding hydrogens is 374 g/mol.